The van der Waals surface area contributed by atoms with E-state index in [0.29, 0.717) is 6.42 Å². The molecule has 5 heterocycles. The number of hydrogen-bond acceptors (Lipinski definition) is 4. The Balaban J connectivity index is 1.50. The van der Waals surface area contributed by atoms with Crippen LogP contribution in [-0.2, 0) is 5.54 Å². The lowest BCUT2D eigenvalue weighted by Crippen LogP contribution is -2.35. The molecule has 1 aromatic carbocycles. The van der Waals surface area contributed by atoms with Crippen LogP contribution in [0.25, 0.3) is 12.2 Å². The molecule has 1 atom stereocenters. The minimum Gasteiger partial charge on any atom is -0.478 e. The van der Waals surface area contributed by atoms with Crippen molar-refractivity contribution >= 4 is 29.5 Å². The van der Waals surface area contributed by atoms with Crippen LogP contribution >= 0.6 is 0 Å². The number of rotatable bonds is 2. The van der Waals surface area contributed by atoms with Crippen LogP contribution in [0.1, 0.15) is 22.3 Å². The molecule has 8 bridgehead atoms. The molecule has 4 aliphatic rings. The molecule has 160 valence electrons. The van der Waals surface area contributed by atoms with E-state index in [9.17, 15) is 9.90 Å². The van der Waals surface area contributed by atoms with Gasteiger partial charge in [0.25, 0.3) is 0 Å². The summed E-state index contributed by atoms with van der Waals surface area (Å²) in [5.41, 5.74) is 5.13. The highest BCUT2D eigenvalue weighted by atomic mass is 16.4. The molecule has 6 rings (SSSR count). The maximum atomic E-state index is 11.3. The van der Waals surface area contributed by atoms with Gasteiger partial charge in [-0.05, 0) is 84.9 Å². The third-order valence-corrected chi connectivity index (χ3v) is 6.06. The van der Waals surface area contributed by atoms with Crippen molar-refractivity contribution in [1.82, 2.24) is 10.3 Å². The van der Waals surface area contributed by atoms with Crippen molar-refractivity contribution < 1.29 is 9.90 Å². The van der Waals surface area contributed by atoms with E-state index in [0.717, 1.165) is 44.8 Å². The fourth-order valence-electron chi connectivity index (χ4n) is 4.44. The number of fused-ring (bicyclic) bond motifs is 6. The van der Waals surface area contributed by atoms with Crippen LogP contribution in [-0.4, -0.2) is 27.5 Å². The SMILES string of the molecule is O=C(O)c1ccc(C23C=C4C=CC(=N4)C=c4ccc([nH]4)=CC4=NC(=CC(=CC2)N3)C=C4)cc1. The van der Waals surface area contributed by atoms with Crippen molar-refractivity contribution in [2.24, 2.45) is 9.98 Å². The van der Waals surface area contributed by atoms with Crippen LogP contribution < -0.4 is 16.0 Å². The van der Waals surface area contributed by atoms with E-state index in [1.807, 2.05) is 66.8 Å². The summed E-state index contributed by atoms with van der Waals surface area (Å²) < 4.78 is 0. The number of carbonyl (C=O) groups is 1. The Morgan fingerprint density at radius 2 is 1.52 bits per heavy atom. The smallest absolute Gasteiger partial charge is 0.335 e. The van der Waals surface area contributed by atoms with Crippen molar-refractivity contribution in [2.75, 3.05) is 0 Å². The number of nitrogens with zero attached hydrogens (tertiary/aromatic N) is 2. The predicted octanol–water partition coefficient (Wildman–Crippen LogP) is 2.85. The fourth-order valence-corrected chi connectivity index (χ4v) is 4.44. The number of aromatic nitrogens is 1. The van der Waals surface area contributed by atoms with E-state index in [1.165, 1.54) is 0 Å². The third kappa shape index (κ3) is 3.61. The Kier molecular flexibility index (Phi) is 4.26. The number of carboxylic acids is 1. The zero-order chi connectivity index (χ0) is 22.4. The number of nitrogens with one attached hydrogen (secondary N) is 2. The summed E-state index contributed by atoms with van der Waals surface area (Å²) in [6, 6.07) is 11.1. The van der Waals surface area contributed by atoms with Gasteiger partial charge in [-0.3, -0.25) is 0 Å². The van der Waals surface area contributed by atoms with Crippen molar-refractivity contribution in [3.05, 3.63) is 118 Å². The van der Waals surface area contributed by atoms with Gasteiger partial charge in [0.2, 0.25) is 0 Å². The first-order valence-electron chi connectivity index (χ1n) is 10.7. The summed E-state index contributed by atoms with van der Waals surface area (Å²) in [4.78, 5) is 24.2. The highest BCUT2D eigenvalue weighted by molar-refractivity contribution is 6.20. The van der Waals surface area contributed by atoms with Gasteiger partial charge >= 0.3 is 5.97 Å². The topological polar surface area (TPSA) is 89.8 Å². The molecule has 6 nitrogen and oxygen atoms in total. The molecule has 1 aromatic heterocycles. The minimum atomic E-state index is -0.937. The van der Waals surface area contributed by atoms with Crippen LogP contribution in [0.15, 0.2) is 106 Å². The summed E-state index contributed by atoms with van der Waals surface area (Å²) in [5, 5.41) is 14.9. The van der Waals surface area contributed by atoms with Gasteiger partial charge in [-0.2, -0.15) is 0 Å². The molecule has 0 aliphatic carbocycles. The molecule has 0 saturated heterocycles. The summed E-state index contributed by atoms with van der Waals surface area (Å²) in [6.07, 6.45) is 19.0. The monoisotopic (exact) mass is 432 g/mol. The van der Waals surface area contributed by atoms with Gasteiger partial charge < -0.3 is 15.4 Å². The first-order chi connectivity index (χ1) is 16.0. The number of hydrogen-bond donors (Lipinski definition) is 3. The zero-order valence-corrected chi connectivity index (χ0v) is 17.6. The lowest BCUT2D eigenvalue weighted by molar-refractivity contribution is 0.0697. The first kappa shape index (κ1) is 19.3. The number of aliphatic imine (C=N–C) groups is 2. The Bertz CT molecular complexity index is 1520. The van der Waals surface area contributed by atoms with E-state index in [1.54, 1.807) is 12.1 Å². The van der Waals surface area contributed by atoms with E-state index in [4.69, 9.17) is 9.98 Å². The standard InChI is InChI=1S/C27H20N4O2/c32-26(33)17-1-3-18(4-2-17)27-12-11-24(31-27)15-23-8-7-20(29-23)13-19-5-6-21(28-19)14-22-9-10-25(16-27)30-22/h1-11,13-16,28,31H,12H2,(H,32,33). The molecule has 3 N–H and O–H groups in total. The molecule has 6 heteroatoms. The van der Waals surface area contributed by atoms with E-state index in [-0.39, 0.29) is 5.56 Å². The number of aromatic carboxylic acids is 1. The minimum absolute atomic E-state index is 0.263. The van der Waals surface area contributed by atoms with Crippen molar-refractivity contribution in [1.29, 1.82) is 0 Å². The Hall–Kier alpha value is -4.45. The highest BCUT2D eigenvalue weighted by Gasteiger charge is 2.34. The number of H-pyrrole nitrogens is 1. The predicted molar refractivity (Wildman–Crippen MR) is 129 cm³/mol. The second kappa shape index (κ2) is 7.31. The molecule has 2 aromatic rings. The Morgan fingerprint density at radius 3 is 2.21 bits per heavy atom. The van der Waals surface area contributed by atoms with Gasteiger partial charge in [0.1, 0.15) is 0 Å². The van der Waals surface area contributed by atoms with Crippen molar-refractivity contribution in [3.8, 4) is 0 Å². The first-order valence-corrected chi connectivity index (χ1v) is 10.7. The molecule has 4 aliphatic heterocycles. The molecular weight excluding hydrogens is 412 g/mol. The lowest BCUT2D eigenvalue weighted by Gasteiger charge is -2.29. The second-order valence-corrected chi connectivity index (χ2v) is 8.38. The molecule has 0 fully saturated rings. The molecule has 33 heavy (non-hydrogen) atoms. The van der Waals surface area contributed by atoms with Gasteiger partial charge in [-0.25, -0.2) is 14.8 Å². The summed E-state index contributed by atoms with van der Waals surface area (Å²) in [7, 11) is 0. The van der Waals surface area contributed by atoms with Crippen LogP contribution in [0.4, 0.5) is 0 Å². The van der Waals surface area contributed by atoms with Crippen LogP contribution in [0.5, 0.6) is 0 Å². The summed E-state index contributed by atoms with van der Waals surface area (Å²) in [6.45, 7) is 0. The summed E-state index contributed by atoms with van der Waals surface area (Å²) >= 11 is 0. The highest BCUT2D eigenvalue weighted by Crippen LogP contribution is 2.36. The van der Waals surface area contributed by atoms with Gasteiger partial charge in [-0.1, -0.05) is 18.2 Å². The van der Waals surface area contributed by atoms with Crippen molar-refractivity contribution in [2.45, 2.75) is 12.0 Å². The molecule has 0 saturated carbocycles. The number of allylic oxidation sites excluding steroid dienone is 5. The zero-order valence-electron chi connectivity index (χ0n) is 17.6. The fraction of sp³-hybridized carbons (Fsp3) is 0.0741. The maximum Gasteiger partial charge on any atom is 0.335 e. The molecule has 0 amide bonds. The Morgan fingerprint density at radius 1 is 0.848 bits per heavy atom. The van der Waals surface area contributed by atoms with Gasteiger partial charge in [0, 0.05) is 16.4 Å². The average molecular weight is 432 g/mol. The normalized spacial score (nSPS) is 22.4. The van der Waals surface area contributed by atoms with E-state index >= 15 is 0 Å². The molecule has 1 unspecified atom stereocenters. The van der Waals surface area contributed by atoms with Gasteiger partial charge in [0.15, 0.2) is 0 Å². The number of carboxylic acid groups (broad SMARTS) is 1. The summed E-state index contributed by atoms with van der Waals surface area (Å²) in [5.74, 6) is -0.937. The van der Waals surface area contributed by atoms with Crippen LogP contribution in [0, 0.1) is 0 Å². The van der Waals surface area contributed by atoms with Gasteiger partial charge in [-0.15, -0.1) is 0 Å². The Labute approximate surface area is 189 Å². The third-order valence-electron chi connectivity index (χ3n) is 6.06. The number of aromatic amines is 1. The second-order valence-electron chi connectivity index (χ2n) is 8.38. The quantitative estimate of drug-likeness (QED) is 0.682. The maximum absolute atomic E-state index is 11.3. The lowest BCUT2D eigenvalue weighted by atomic mass is 9.87. The molecular formula is C27H20N4O2. The van der Waals surface area contributed by atoms with Gasteiger partial charge in [0.05, 0.1) is 33.9 Å². The van der Waals surface area contributed by atoms with E-state index in [2.05, 4.69) is 22.5 Å². The van der Waals surface area contributed by atoms with E-state index < -0.39 is 11.5 Å². The molecule has 0 spiro atoms. The average Bonchev–Trinajstić information content (AvgIpc) is 3.59. The largest absolute Gasteiger partial charge is 0.478 e. The number of benzene rings is 1. The molecule has 0 radical (unpaired) electrons. The van der Waals surface area contributed by atoms with Crippen LogP contribution in [0.2, 0.25) is 0 Å². The van der Waals surface area contributed by atoms with Crippen molar-refractivity contribution in [3.63, 3.8) is 0 Å². The van der Waals surface area contributed by atoms with Crippen LogP contribution in [0.3, 0.4) is 0 Å².